The molecule has 0 N–H and O–H groups in total. The van der Waals surface area contributed by atoms with Gasteiger partial charge in [-0.3, -0.25) is 0 Å². The van der Waals surface area contributed by atoms with Crippen LogP contribution in [0.2, 0.25) is 0 Å². The number of pyridine rings is 1. The highest BCUT2D eigenvalue weighted by molar-refractivity contribution is 5.90. The first-order chi connectivity index (χ1) is 19.1. The van der Waals surface area contributed by atoms with Crippen LogP contribution in [0, 0.1) is 18.3 Å². The number of hydrogen-bond donors (Lipinski definition) is 0. The molecule has 1 saturated heterocycles. The molecule has 1 aromatic carbocycles. The molecule has 1 fully saturated rings. The lowest BCUT2D eigenvalue weighted by atomic mass is 9.90. The summed E-state index contributed by atoms with van der Waals surface area (Å²) in [7, 11) is 1.68. The molecule has 5 heterocycles. The number of oxazole rings is 1. The maximum Gasteiger partial charge on any atom is 0.504 e. The molecule has 10 nitrogen and oxygen atoms in total. The van der Waals surface area contributed by atoms with Crippen molar-refractivity contribution in [2.24, 2.45) is 7.05 Å². The van der Waals surface area contributed by atoms with Crippen LogP contribution in [-0.4, -0.2) is 47.6 Å². The molecule has 4 aromatic heterocycles. The topological polar surface area (TPSA) is 114 Å². The fraction of sp³-hybridized carbons (Fsp3) is 0.308. The Morgan fingerprint density at radius 3 is 2.48 bits per heavy atom. The van der Waals surface area contributed by atoms with Crippen molar-refractivity contribution >= 4 is 16.7 Å². The molecular weight excluding hydrogens is 530 g/mol. The average molecular weight is 552 g/mol. The fourth-order valence-corrected chi connectivity index (χ4v) is 5.11. The van der Waals surface area contributed by atoms with Gasteiger partial charge in [-0.2, -0.15) is 9.94 Å². The maximum atomic E-state index is 15.9. The van der Waals surface area contributed by atoms with Crippen LogP contribution < -0.4 is 4.90 Å². The van der Waals surface area contributed by atoms with E-state index in [4.69, 9.17) is 4.42 Å². The quantitative estimate of drug-likeness (QED) is 0.287. The Morgan fingerprint density at radius 2 is 1.85 bits per heavy atom. The van der Waals surface area contributed by atoms with Crippen LogP contribution in [0.5, 0.6) is 0 Å². The normalized spacial score (nSPS) is 15.5. The van der Waals surface area contributed by atoms with E-state index >= 15 is 4.39 Å². The van der Waals surface area contributed by atoms with E-state index in [9.17, 15) is 18.4 Å². The first-order valence-corrected chi connectivity index (χ1v) is 12.3. The lowest BCUT2D eigenvalue weighted by Crippen LogP contribution is -2.42. The zero-order valence-electron chi connectivity index (χ0n) is 21.3. The summed E-state index contributed by atoms with van der Waals surface area (Å²) >= 11 is 0. The maximum absolute atomic E-state index is 15.9. The van der Waals surface area contributed by atoms with Crippen molar-refractivity contribution in [1.29, 1.82) is 5.26 Å². The van der Waals surface area contributed by atoms with Crippen LogP contribution >= 0.6 is 0 Å². The molecule has 0 aliphatic carbocycles. The monoisotopic (exact) mass is 551 g/mol. The number of benzene rings is 1. The Labute approximate surface area is 224 Å². The van der Waals surface area contributed by atoms with E-state index < -0.39 is 12.0 Å². The van der Waals surface area contributed by atoms with Gasteiger partial charge < -0.3 is 13.9 Å². The summed E-state index contributed by atoms with van der Waals surface area (Å²) in [6.07, 6.45) is 0.755. The van der Waals surface area contributed by atoms with Gasteiger partial charge in [-0.25, -0.2) is 14.4 Å². The highest BCUT2D eigenvalue weighted by Crippen LogP contribution is 2.43. The third-order valence-corrected chi connectivity index (χ3v) is 7.05. The highest BCUT2D eigenvalue weighted by atomic mass is 19.4. The summed E-state index contributed by atoms with van der Waals surface area (Å²) in [5.41, 5.74) is 0.585. The van der Waals surface area contributed by atoms with Crippen molar-refractivity contribution in [1.82, 2.24) is 34.5 Å². The minimum absolute atomic E-state index is 0.0750. The summed E-state index contributed by atoms with van der Waals surface area (Å²) in [5.74, 6) is 1.09. The van der Waals surface area contributed by atoms with Gasteiger partial charge in [-0.05, 0) is 18.2 Å². The molecule has 204 valence electrons. The molecule has 14 heteroatoms. The van der Waals surface area contributed by atoms with Crippen LogP contribution in [0.15, 0.2) is 47.5 Å². The molecule has 1 aliphatic rings. The predicted molar refractivity (Wildman–Crippen MR) is 134 cm³/mol. The summed E-state index contributed by atoms with van der Waals surface area (Å²) in [6.45, 7) is 2.20. The Balaban J connectivity index is 1.47. The first kappa shape index (κ1) is 25.5. The molecule has 0 unspecified atom stereocenters. The van der Waals surface area contributed by atoms with E-state index in [1.807, 2.05) is 4.90 Å². The summed E-state index contributed by atoms with van der Waals surface area (Å²) in [4.78, 5) is 10.2. The summed E-state index contributed by atoms with van der Waals surface area (Å²) in [5, 5.41) is 21.6. The van der Waals surface area contributed by atoms with E-state index in [-0.39, 0.29) is 53.0 Å². The van der Waals surface area contributed by atoms with Crippen LogP contribution in [0.25, 0.3) is 33.5 Å². The molecule has 40 heavy (non-hydrogen) atoms. The zero-order chi connectivity index (χ0) is 28.2. The second-order valence-electron chi connectivity index (χ2n) is 9.67. The Kier molecular flexibility index (Phi) is 5.83. The second-order valence-corrected chi connectivity index (χ2v) is 9.67. The molecule has 0 atom stereocenters. The number of hydrogen-bond acceptors (Lipinski definition) is 8. The molecule has 5 aromatic rings. The molecular formula is C26H21F4N9O. The van der Waals surface area contributed by atoms with E-state index in [1.54, 1.807) is 30.7 Å². The lowest BCUT2D eigenvalue weighted by Gasteiger charge is -2.38. The Morgan fingerprint density at radius 1 is 1.07 bits per heavy atom. The van der Waals surface area contributed by atoms with Gasteiger partial charge in [-0.15, -0.1) is 28.5 Å². The van der Waals surface area contributed by atoms with Crippen LogP contribution in [0.4, 0.5) is 23.2 Å². The minimum atomic E-state index is -4.69. The predicted octanol–water partition coefficient (Wildman–Crippen LogP) is 5.00. The number of piperidine rings is 1. The number of rotatable bonds is 4. The number of fused-ring (bicyclic) bond motifs is 1. The number of halogens is 4. The van der Waals surface area contributed by atoms with Crippen molar-refractivity contribution in [3.05, 3.63) is 60.4 Å². The van der Waals surface area contributed by atoms with Crippen molar-refractivity contribution in [3.8, 4) is 28.5 Å². The first-order valence-electron chi connectivity index (χ1n) is 12.3. The highest BCUT2D eigenvalue weighted by Gasteiger charge is 2.41. The van der Waals surface area contributed by atoms with E-state index in [0.29, 0.717) is 34.0 Å². The SMILES string of the molecule is Cc1ncc(-c2cc(C#N)c(N3CCC(F)(c4nncn4C)CC3)c(-c3cnc4nn(C(F)(F)F)cc4c3)c2)o1. The van der Waals surface area contributed by atoms with Gasteiger partial charge in [0.05, 0.1) is 17.4 Å². The number of alkyl halides is 4. The molecule has 6 rings (SSSR count). The van der Waals surface area contributed by atoms with Gasteiger partial charge in [0, 0.05) is 74.4 Å². The van der Waals surface area contributed by atoms with Crippen molar-refractivity contribution < 1.29 is 22.0 Å². The number of aromatic nitrogens is 7. The van der Waals surface area contributed by atoms with Gasteiger partial charge in [-0.1, -0.05) is 0 Å². The number of anilines is 1. The fourth-order valence-electron chi connectivity index (χ4n) is 5.11. The molecule has 0 spiro atoms. The van der Waals surface area contributed by atoms with E-state index in [0.717, 1.165) is 6.20 Å². The van der Waals surface area contributed by atoms with Gasteiger partial charge >= 0.3 is 6.30 Å². The number of nitriles is 1. The third-order valence-electron chi connectivity index (χ3n) is 7.05. The summed E-state index contributed by atoms with van der Waals surface area (Å²) in [6, 6.07) is 7.20. The van der Waals surface area contributed by atoms with Gasteiger partial charge in [0.2, 0.25) is 0 Å². The second kappa shape index (κ2) is 9.15. The van der Waals surface area contributed by atoms with Crippen molar-refractivity contribution in [2.45, 2.75) is 31.7 Å². The number of aryl methyl sites for hydroxylation is 2. The summed E-state index contributed by atoms with van der Waals surface area (Å²) < 4.78 is 62.8. The standard InChI is InChI=1S/C26H21F4N9O/c1-15-32-12-21(40-15)16-7-17(10-31)22(38-5-3-25(27,4-6-38)24-35-34-14-37(24)2)20(9-16)18-8-19-13-39(26(28,29)30)36-23(19)33-11-18/h7-9,11-14H,3-6H2,1-2H3. The van der Waals surface area contributed by atoms with E-state index in [2.05, 4.69) is 31.3 Å². The Hall–Kier alpha value is -4.80. The third kappa shape index (κ3) is 4.33. The Bertz CT molecular complexity index is 1770. The molecule has 1 aliphatic heterocycles. The molecule has 0 bridgehead atoms. The zero-order valence-corrected chi connectivity index (χ0v) is 21.3. The van der Waals surface area contributed by atoms with Crippen LogP contribution in [-0.2, 0) is 19.0 Å². The molecule has 0 saturated carbocycles. The molecule has 0 radical (unpaired) electrons. The van der Waals surface area contributed by atoms with Gasteiger partial charge in [0.15, 0.2) is 28.8 Å². The minimum Gasteiger partial charge on any atom is -0.441 e. The van der Waals surface area contributed by atoms with Crippen molar-refractivity contribution in [2.75, 3.05) is 18.0 Å². The number of nitrogens with zero attached hydrogens (tertiary/aromatic N) is 9. The van der Waals surface area contributed by atoms with Crippen LogP contribution in [0.1, 0.15) is 30.1 Å². The van der Waals surface area contributed by atoms with Crippen LogP contribution in [0.3, 0.4) is 0 Å². The lowest BCUT2D eigenvalue weighted by molar-refractivity contribution is -0.211. The molecule has 0 amide bonds. The smallest absolute Gasteiger partial charge is 0.441 e. The van der Waals surface area contributed by atoms with E-state index in [1.165, 1.54) is 24.8 Å². The van der Waals surface area contributed by atoms with Crippen molar-refractivity contribution in [3.63, 3.8) is 0 Å². The largest absolute Gasteiger partial charge is 0.504 e. The average Bonchev–Trinajstić information content (AvgIpc) is 3.67. The van der Waals surface area contributed by atoms with Gasteiger partial charge in [0.25, 0.3) is 0 Å². The van der Waals surface area contributed by atoms with Gasteiger partial charge in [0.1, 0.15) is 12.4 Å².